The van der Waals surface area contributed by atoms with Crippen LogP contribution in [0.5, 0.6) is 0 Å². The quantitative estimate of drug-likeness (QED) is 0.556. The third kappa shape index (κ3) is 4.89. The van der Waals surface area contributed by atoms with Crippen molar-refractivity contribution in [3.63, 3.8) is 0 Å². The van der Waals surface area contributed by atoms with Gasteiger partial charge in [0, 0.05) is 20.2 Å². The van der Waals surface area contributed by atoms with Gasteiger partial charge >= 0.3 is 0 Å². The zero-order valence-corrected chi connectivity index (χ0v) is 12.5. The average Bonchev–Trinajstić information content (AvgIpc) is 2.54. The molecule has 0 aromatic carbocycles. The van der Waals surface area contributed by atoms with Gasteiger partial charge in [-0.3, -0.25) is 0 Å². The third-order valence-electron chi connectivity index (χ3n) is 3.86. The first-order valence-electron chi connectivity index (χ1n) is 7.00. The molecular weight excluding hydrogens is 226 g/mol. The molecule has 0 N–H and O–H groups in total. The van der Waals surface area contributed by atoms with Crippen LogP contribution in [0.2, 0.25) is 0 Å². The SMILES string of the molecule is C=C(OCCOC)N1CCCC(C(C)(C)C)CC1. The molecule has 106 valence electrons. The van der Waals surface area contributed by atoms with Crippen LogP contribution in [-0.2, 0) is 9.47 Å². The fourth-order valence-corrected chi connectivity index (χ4v) is 2.55. The molecule has 1 unspecified atom stereocenters. The number of ether oxygens (including phenoxy) is 2. The van der Waals surface area contributed by atoms with Gasteiger partial charge in [0.05, 0.1) is 6.61 Å². The van der Waals surface area contributed by atoms with E-state index in [1.54, 1.807) is 7.11 Å². The maximum Gasteiger partial charge on any atom is 0.181 e. The zero-order valence-electron chi connectivity index (χ0n) is 12.5. The summed E-state index contributed by atoms with van der Waals surface area (Å²) in [7, 11) is 1.69. The average molecular weight is 255 g/mol. The lowest BCUT2D eigenvalue weighted by Crippen LogP contribution is -2.27. The van der Waals surface area contributed by atoms with Gasteiger partial charge < -0.3 is 14.4 Å². The molecule has 0 spiro atoms. The van der Waals surface area contributed by atoms with Gasteiger partial charge in [-0.2, -0.15) is 0 Å². The Morgan fingerprint density at radius 2 is 1.94 bits per heavy atom. The Kier molecular flexibility index (Phi) is 6.00. The Morgan fingerprint density at radius 1 is 1.22 bits per heavy atom. The van der Waals surface area contributed by atoms with E-state index >= 15 is 0 Å². The van der Waals surface area contributed by atoms with E-state index in [0.29, 0.717) is 18.6 Å². The first kappa shape index (κ1) is 15.4. The second-order valence-corrected chi connectivity index (χ2v) is 6.22. The number of hydrogen-bond acceptors (Lipinski definition) is 3. The van der Waals surface area contributed by atoms with Crippen molar-refractivity contribution >= 4 is 0 Å². The Balaban J connectivity index is 2.39. The molecular formula is C15H29NO2. The summed E-state index contributed by atoms with van der Waals surface area (Å²) in [6.07, 6.45) is 3.77. The van der Waals surface area contributed by atoms with Crippen LogP contribution >= 0.6 is 0 Å². The maximum absolute atomic E-state index is 5.60. The first-order valence-corrected chi connectivity index (χ1v) is 7.00. The number of nitrogens with zero attached hydrogens (tertiary/aromatic N) is 1. The maximum atomic E-state index is 5.60. The van der Waals surface area contributed by atoms with Crippen molar-refractivity contribution in [2.45, 2.75) is 40.0 Å². The summed E-state index contributed by atoms with van der Waals surface area (Å²) < 4.78 is 10.6. The number of hydrogen-bond donors (Lipinski definition) is 0. The van der Waals surface area contributed by atoms with Crippen LogP contribution < -0.4 is 0 Å². The highest BCUT2D eigenvalue weighted by molar-refractivity contribution is 4.87. The summed E-state index contributed by atoms with van der Waals surface area (Å²) in [5, 5.41) is 0. The van der Waals surface area contributed by atoms with E-state index in [1.807, 2.05) is 0 Å². The van der Waals surface area contributed by atoms with Crippen molar-refractivity contribution in [1.29, 1.82) is 0 Å². The number of methoxy groups -OCH3 is 1. The molecule has 1 saturated heterocycles. The molecule has 1 aliphatic rings. The van der Waals surface area contributed by atoms with Crippen LogP contribution in [0, 0.1) is 11.3 Å². The molecule has 0 aromatic rings. The van der Waals surface area contributed by atoms with Gasteiger partial charge in [-0.25, -0.2) is 0 Å². The highest BCUT2D eigenvalue weighted by Crippen LogP contribution is 2.34. The summed E-state index contributed by atoms with van der Waals surface area (Å²) in [5.74, 6) is 1.61. The normalized spacial score (nSPS) is 21.6. The summed E-state index contributed by atoms with van der Waals surface area (Å²) >= 11 is 0. The molecule has 0 amide bonds. The highest BCUT2D eigenvalue weighted by atomic mass is 16.5. The number of likely N-dealkylation sites (tertiary alicyclic amines) is 1. The van der Waals surface area contributed by atoms with Crippen molar-refractivity contribution in [1.82, 2.24) is 4.90 Å². The van der Waals surface area contributed by atoms with Gasteiger partial charge in [0.2, 0.25) is 0 Å². The molecule has 1 fully saturated rings. The molecule has 1 aliphatic heterocycles. The molecule has 1 atom stereocenters. The predicted octanol–water partition coefficient (Wildman–Crippen LogP) is 3.27. The Morgan fingerprint density at radius 3 is 2.56 bits per heavy atom. The standard InChI is InChI=1S/C15H29NO2/c1-13(18-12-11-17-5)16-9-6-7-14(8-10-16)15(2,3)4/h14H,1,6-12H2,2-5H3. The molecule has 0 aliphatic carbocycles. The largest absolute Gasteiger partial charge is 0.477 e. The van der Waals surface area contributed by atoms with Crippen LogP contribution in [0.1, 0.15) is 40.0 Å². The lowest BCUT2D eigenvalue weighted by atomic mass is 9.77. The highest BCUT2D eigenvalue weighted by Gasteiger charge is 2.27. The number of rotatable bonds is 5. The first-order chi connectivity index (χ1) is 8.45. The minimum Gasteiger partial charge on any atom is -0.477 e. The molecule has 1 rings (SSSR count). The molecule has 18 heavy (non-hydrogen) atoms. The molecule has 1 heterocycles. The van der Waals surface area contributed by atoms with Crippen molar-refractivity contribution < 1.29 is 9.47 Å². The fraction of sp³-hybridized carbons (Fsp3) is 0.867. The van der Waals surface area contributed by atoms with E-state index in [2.05, 4.69) is 32.3 Å². The van der Waals surface area contributed by atoms with Gasteiger partial charge in [-0.1, -0.05) is 20.8 Å². The van der Waals surface area contributed by atoms with Crippen LogP contribution in [-0.4, -0.2) is 38.3 Å². The van der Waals surface area contributed by atoms with Crippen LogP contribution in [0.25, 0.3) is 0 Å². The monoisotopic (exact) mass is 255 g/mol. The smallest absolute Gasteiger partial charge is 0.181 e. The Hall–Kier alpha value is -0.700. The zero-order chi connectivity index (χ0) is 13.6. The fourth-order valence-electron chi connectivity index (χ4n) is 2.55. The van der Waals surface area contributed by atoms with E-state index in [-0.39, 0.29) is 0 Å². The molecule has 0 saturated carbocycles. The van der Waals surface area contributed by atoms with Crippen molar-refractivity contribution in [3.05, 3.63) is 12.5 Å². The van der Waals surface area contributed by atoms with E-state index in [9.17, 15) is 0 Å². The minimum atomic E-state index is 0.411. The summed E-state index contributed by atoms with van der Waals surface area (Å²) in [6.45, 7) is 14.4. The van der Waals surface area contributed by atoms with Crippen molar-refractivity contribution in [2.24, 2.45) is 11.3 Å². The lowest BCUT2D eigenvalue weighted by molar-refractivity contribution is 0.0667. The Bertz CT molecular complexity index is 258. The topological polar surface area (TPSA) is 21.7 Å². The van der Waals surface area contributed by atoms with Crippen LogP contribution in [0.3, 0.4) is 0 Å². The van der Waals surface area contributed by atoms with Gasteiger partial charge in [0.25, 0.3) is 0 Å². The summed E-state index contributed by atoms with van der Waals surface area (Å²) in [4.78, 5) is 2.28. The summed E-state index contributed by atoms with van der Waals surface area (Å²) in [5.41, 5.74) is 0.411. The minimum absolute atomic E-state index is 0.411. The van der Waals surface area contributed by atoms with E-state index < -0.39 is 0 Å². The molecule has 0 radical (unpaired) electrons. The predicted molar refractivity (Wildman–Crippen MR) is 75.3 cm³/mol. The van der Waals surface area contributed by atoms with Gasteiger partial charge in [0.15, 0.2) is 5.88 Å². The van der Waals surface area contributed by atoms with E-state index in [0.717, 1.165) is 24.9 Å². The second kappa shape index (κ2) is 7.03. The van der Waals surface area contributed by atoms with E-state index in [4.69, 9.17) is 9.47 Å². The molecule has 0 bridgehead atoms. The lowest BCUT2D eigenvalue weighted by Gasteiger charge is -2.30. The van der Waals surface area contributed by atoms with Gasteiger partial charge in [-0.05, 0) is 37.2 Å². The summed E-state index contributed by atoms with van der Waals surface area (Å²) in [6, 6.07) is 0. The second-order valence-electron chi connectivity index (χ2n) is 6.22. The van der Waals surface area contributed by atoms with Crippen molar-refractivity contribution in [3.8, 4) is 0 Å². The van der Waals surface area contributed by atoms with Crippen molar-refractivity contribution in [2.75, 3.05) is 33.4 Å². The van der Waals surface area contributed by atoms with Gasteiger partial charge in [-0.15, -0.1) is 0 Å². The molecule has 3 nitrogen and oxygen atoms in total. The van der Waals surface area contributed by atoms with Crippen LogP contribution in [0.4, 0.5) is 0 Å². The molecule has 3 heteroatoms. The Labute approximate surface area is 112 Å². The van der Waals surface area contributed by atoms with Gasteiger partial charge in [0.1, 0.15) is 6.61 Å². The molecule has 0 aromatic heterocycles. The van der Waals surface area contributed by atoms with E-state index in [1.165, 1.54) is 19.3 Å². The van der Waals surface area contributed by atoms with Crippen LogP contribution in [0.15, 0.2) is 12.5 Å². The third-order valence-corrected chi connectivity index (χ3v) is 3.86.